The van der Waals surface area contributed by atoms with Crippen LogP contribution in [0, 0.1) is 5.92 Å². The van der Waals surface area contributed by atoms with E-state index in [0.717, 1.165) is 37.1 Å². The highest BCUT2D eigenvalue weighted by Crippen LogP contribution is 2.41. The van der Waals surface area contributed by atoms with Crippen LogP contribution >= 0.6 is 0 Å². The Morgan fingerprint density at radius 3 is 2.63 bits per heavy atom. The molecule has 0 bridgehead atoms. The van der Waals surface area contributed by atoms with Gasteiger partial charge in [0, 0.05) is 38.6 Å². The maximum absolute atomic E-state index is 13.2. The summed E-state index contributed by atoms with van der Waals surface area (Å²) >= 11 is 0. The quantitative estimate of drug-likeness (QED) is 0.335. The van der Waals surface area contributed by atoms with Crippen LogP contribution in [0.15, 0.2) is 18.3 Å². The van der Waals surface area contributed by atoms with Gasteiger partial charge in [-0.3, -0.25) is 9.78 Å². The van der Waals surface area contributed by atoms with Crippen LogP contribution in [-0.4, -0.2) is 61.3 Å². The summed E-state index contributed by atoms with van der Waals surface area (Å²) in [6.07, 6.45) is 6.33. The van der Waals surface area contributed by atoms with Crippen molar-refractivity contribution in [2.24, 2.45) is 5.92 Å². The van der Waals surface area contributed by atoms with E-state index >= 15 is 0 Å². The maximum atomic E-state index is 13.2. The smallest absolute Gasteiger partial charge is 0.259 e. The van der Waals surface area contributed by atoms with Crippen LogP contribution < -0.4 is 4.74 Å². The lowest BCUT2D eigenvalue weighted by Crippen LogP contribution is -2.76. The number of amides is 1. The first-order valence-corrected chi connectivity index (χ1v) is 10.9. The van der Waals surface area contributed by atoms with Crippen LogP contribution in [-0.2, 0) is 25.4 Å². The first kappa shape index (κ1) is 24.6. The summed E-state index contributed by atoms with van der Waals surface area (Å²) in [5.74, 6) is 1.08. The number of pyridine rings is 1. The zero-order chi connectivity index (χ0) is 22.1. The van der Waals surface area contributed by atoms with Gasteiger partial charge in [-0.25, -0.2) is 0 Å². The Hall–Kier alpha value is -1.70. The zero-order valence-electron chi connectivity index (χ0n) is 19.3. The van der Waals surface area contributed by atoms with E-state index in [-0.39, 0.29) is 31.6 Å². The van der Waals surface area contributed by atoms with E-state index in [4.69, 9.17) is 18.9 Å². The third kappa shape index (κ3) is 5.93. The van der Waals surface area contributed by atoms with Gasteiger partial charge in [0.1, 0.15) is 19.3 Å². The molecule has 7 heteroatoms. The van der Waals surface area contributed by atoms with E-state index in [0.29, 0.717) is 12.3 Å². The van der Waals surface area contributed by atoms with Crippen molar-refractivity contribution < 1.29 is 23.7 Å². The highest BCUT2D eigenvalue weighted by atomic mass is 16.7. The molecule has 7 nitrogen and oxygen atoms in total. The number of carbonyl (C=O) groups excluding carboxylic acids is 1. The number of likely N-dealkylation sites (tertiary alicyclic amines) is 1. The lowest BCUT2D eigenvalue weighted by Gasteiger charge is -2.55. The van der Waals surface area contributed by atoms with Crippen LogP contribution in [0.4, 0.5) is 0 Å². The molecule has 0 unspecified atom stereocenters. The van der Waals surface area contributed by atoms with E-state index in [9.17, 15) is 4.79 Å². The van der Waals surface area contributed by atoms with Gasteiger partial charge in [-0.05, 0) is 31.7 Å². The fourth-order valence-electron chi connectivity index (χ4n) is 4.01. The predicted octanol–water partition coefficient (Wildman–Crippen LogP) is 3.80. The number of hydrogen-bond donors (Lipinski definition) is 0. The lowest BCUT2D eigenvalue weighted by molar-refractivity contribution is -0.235. The third-order valence-corrected chi connectivity index (χ3v) is 5.47. The Morgan fingerprint density at radius 1 is 1.23 bits per heavy atom. The SMILES string of the molecule is CCCC[C@@H](C)Oc1ccnc(C[C@]2(OCOC)C(=O)N(COC)[C@H]2CC(C)C)c1. The van der Waals surface area contributed by atoms with Crippen LogP contribution in [0.5, 0.6) is 5.75 Å². The number of rotatable bonds is 14. The predicted molar refractivity (Wildman–Crippen MR) is 115 cm³/mol. The van der Waals surface area contributed by atoms with Crippen molar-refractivity contribution in [2.75, 3.05) is 27.7 Å². The second-order valence-electron chi connectivity index (χ2n) is 8.51. The minimum absolute atomic E-state index is 0.0470. The average molecular weight is 423 g/mol. The molecule has 0 aromatic carbocycles. The van der Waals surface area contributed by atoms with E-state index in [1.165, 1.54) is 0 Å². The molecule has 1 aromatic rings. The third-order valence-electron chi connectivity index (χ3n) is 5.47. The first-order chi connectivity index (χ1) is 14.4. The molecule has 3 atom stereocenters. The van der Waals surface area contributed by atoms with E-state index < -0.39 is 5.60 Å². The highest BCUT2D eigenvalue weighted by molar-refractivity contribution is 5.93. The van der Waals surface area contributed by atoms with Crippen LogP contribution in [0.25, 0.3) is 0 Å². The van der Waals surface area contributed by atoms with Gasteiger partial charge in [0.25, 0.3) is 5.91 Å². The van der Waals surface area contributed by atoms with Gasteiger partial charge in [0.05, 0.1) is 12.1 Å². The normalized spacial score (nSPS) is 22.3. The minimum atomic E-state index is -1.00. The molecule has 0 aliphatic carbocycles. The summed E-state index contributed by atoms with van der Waals surface area (Å²) in [7, 11) is 3.16. The first-order valence-electron chi connectivity index (χ1n) is 10.9. The molecular formula is C23H38N2O5. The molecule has 1 saturated heterocycles. The number of methoxy groups -OCH3 is 2. The van der Waals surface area contributed by atoms with Gasteiger partial charge in [0.15, 0.2) is 5.60 Å². The van der Waals surface area contributed by atoms with E-state index in [1.54, 1.807) is 25.3 Å². The molecule has 1 fully saturated rings. The Labute approximate surface area is 181 Å². The van der Waals surface area contributed by atoms with Crippen LogP contribution in [0.2, 0.25) is 0 Å². The van der Waals surface area contributed by atoms with Crippen LogP contribution in [0.1, 0.15) is 59.1 Å². The molecule has 0 radical (unpaired) electrons. The topological polar surface area (TPSA) is 70.1 Å². The molecule has 0 saturated carbocycles. The van der Waals surface area contributed by atoms with Gasteiger partial charge in [-0.15, -0.1) is 0 Å². The number of hydrogen-bond acceptors (Lipinski definition) is 6. The molecule has 1 aliphatic rings. The minimum Gasteiger partial charge on any atom is -0.491 e. The monoisotopic (exact) mass is 422 g/mol. The molecule has 1 aliphatic heterocycles. The van der Waals surface area contributed by atoms with Crippen molar-refractivity contribution in [1.82, 2.24) is 9.88 Å². The van der Waals surface area contributed by atoms with E-state index in [2.05, 4.69) is 32.7 Å². The lowest BCUT2D eigenvalue weighted by atomic mass is 9.75. The maximum Gasteiger partial charge on any atom is 0.259 e. The Bertz CT molecular complexity index is 669. The van der Waals surface area contributed by atoms with E-state index in [1.807, 2.05) is 12.1 Å². The molecule has 30 heavy (non-hydrogen) atoms. The summed E-state index contributed by atoms with van der Waals surface area (Å²) in [5.41, 5.74) is -0.233. The molecule has 0 spiro atoms. The Kier molecular flexibility index (Phi) is 9.52. The summed E-state index contributed by atoms with van der Waals surface area (Å²) in [4.78, 5) is 19.4. The molecule has 170 valence electrons. The van der Waals surface area contributed by atoms with Crippen molar-refractivity contribution >= 4 is 5.91 Å². The van der Waals surface area contributed by atoms with Crippen molar-refractivity contribution in [2.45, 2.75) is 77.5 Å². The second-order valence-corrected chi connectivity index (χ2v) is 8.51. The molecular weight excluding hydrogens is 384 g/mol. The molecule has 2 heterocycles. The molecule has 1 amide bonds. The average Bonchev–Trinajstić information content (AvgIpc) is 2.72. The summed E-state index contributed by atoms with van der Waals surface area (Å²) in [5, 5.41) is 0. The number of unbranched alkanes of at least 4 members (excludes halogenated alkanes) is 1. The van der Waals surface area contributed by atoms with Crippen molar-refractivity contribution in [3.05, 3.63) is 24.0 Å². The van der Waals surface area contributed by atoms with Gasteiger partial charge < -0.3 is 23.8 Å². The Morgan fingerprint density at radius 2 is 2.00 bits per heavy atom. The fourth-order valence-corrected chi connectivity index (χ4v) is 4.01. The molecule has 0 N–H and O–H groups in total. The molecule has 2 rings (SSSR count). The van der Waals surface area contributed by atoms with Gasteiger partial charge in [0.2, 0.25) is 0 Å². The van der Waals surface area contributed by atoms with Crippen molar-refractivity contribution in [1.29, 1.82) is 0 Å². The largest absolute Gasteiger partial charge is 0.491 e. The number of ether oxygens (including phenoxy) is 4. The number of aromatic nitrogens is 1. The van der Waals surface area contributed by atoms with Crippen molar-refractivity contribution in [3.63, 3.8) is 0 Å². The van der Waals surface area contributed by atoms with Gasteiger partial charge in [-0.1, -0.05) is 33.6 Å². The highest BCUT2D eigenvalue weighted by Gasteiger charge is 2.62. The number of carbonyl (C=O) groups is 1. The standard InChI is InChI=1S/C23H38N2O5/c1-7-8-9-18(4)30-20-10-11-24-19(13-20)14-23(29-16-28-6)21(12-17(2)3)25(15-27-5)22(23)26/h10-11,13,17-18,21H,7-9,12,14-16H2,1-6H3/t18-,21+,23-/m1/s1. The fraction of sp³-hybridized carbons (Fsp3) is 0.739. The summed E-state index contributed by atoms with van der Waals surface area (Å²) in [6.45, 7) is 8.83. The van der Waals surface area contributed by atoms with Gasteiger partial charge in [-0.2, -0.15) is 0 Å². The van der Waals surface area contributed by atoms with Gasteiger partial charge >= 0.3 is 0 Å². The van der Waals surface area contributed by atoms with Crippen molar-refractivity contribution in [3.8, 4) is 5.75 Å². The molecule has 1 aromatic heterocycles. The van der Waals surface area contributed by atoms with Crippen LogP contribution in [0.3, 0.4) is 0 Å². The Balaban J connectivity index is 2.23. The number of nitrogens with zero attached hydrogens (tertiary/aromatic N) is 2. The second kappa shape index (κ2) is 11.6. The zero-order valence-corrected chi connectivity index (χ0v) is 19.3. The number of β-lactam (4-membered cyclic amide) rings is 1. The summed E-state index contributed by atoms with van der Waals surface area (Å²) < 4.78 is 22.5. The summed E-state index contributed by atoms with van der Waals surface area (Å²) in [6, 6.07) is 3.67.